The summed E-state index contributed by atoms with van der Waals surface area (Å²) >= 11 is 1.48. The summed E-state index contributed by atoms with van der Waals surface area (Å²) in [5, 5.41) is 8.39. The van der Waals surface area contributed by atoms with Crippen LogP contribution in [0.1, 0.15) is 82.7 Å². The number of pyridine rings is 1. The number of hydrazine groups is 1. The Kier molecular flexibility index (Phi) is 10.6. The number of aromatic nitrogens is 3. The number of methoxy groups -OCH3 is 1. The van der Waals surface area contributed by atoms with Gasteiger partial charge in [0, 0.05) is 78.2 Å². The molecule has 1 aromatic carbocycles. The van der Waals surface area contributed by atoms with Gasteiger partial charge in [-0.25, -0.2) is 15.2 Å². The maximum absolute atomic E-state index is 14.1. The van der Waals surface area contributed by atoms with Crippen molar-refractivity contribution in [2.75, 3.05) is 26.8 Å². The van der Waals surface area contributed by atoms with Crippen LogP contribution in [0, 0.1) is 5.41 Å². The first-order chi connectivity index (χ1) is 25.5. The Morgan fingerprint density at radius 1 is 1.19 bits per heavy atom. The highest BCUT2D eigenvalue weighted by Gasteiger charge is 2.38. The summed E-state index contributed by atoms with van der Waals surface area (Å²) < 4.78 is 14.2. The Hall–Kier alpha value is -4.33. The van der Waals surface area contributed by atoms with Gasteiger partial charge in [0.1, 0.15) is 12.1 Å². The molecule has 2 saturated heterocycles. The largest absolute Gasteiger partial charge is 0.464 e. The normalized spacial score (nSPS) is 22.6. The predicted octanol–water partition coefficient (Wildman–Crippen LogP) is 6.28. The zero-order valence-corrected chi connectivity index (χ0v) is 32.4. The van der Waals surface area contributed by atoms with Gasteiger partial charge in [0.2, 0.25) is 0 Å². The summed E-state index contributed by atoms with van der Waals surface area (Å²) in [6.07, 6.45) is 5.43. The van der Waals surface area contributed by atoms with Crippen LogP contribution in [-0.4, -0.2) is 87.3 Å². The van der Waals surface area contributed by atoms with E-state index in [0.717, 1.165) is 69.1 Å². The summed E-state index contributed by atoms with van der Waals surface area (Å²) in [6, 6.07) is 8.92. The number of likely N-dealkylation sites (tertiary alicyclic amines) is 1. The number of fused-ring (bicyclic) bond motifs is 6. The van der Waals surface area contributed by atoms with E-state index in [1.54, 1.807) is 18.2 Å². The number of carbonyl (C=O) groups is 3. The van der Waals surface area contributed by atoms with Gasteiger partial charge in [-0.1, -0.05) is 26.8 Å². The van der Waals surface area contributed by atoms with E-state index in [1.165, 1.54) is 16.3 Å². The molecule has 3 amide bonds. The van der Waals surface area contributed by atoms with E-state index >= 15 is 0 Å². The lowest BCUT2D eigenvalue weighted by Crippen LogP contribution is -2.63. The molecule has 2 N–H and O–H groups in total. The topological polar surface area (TPSA) is 131 Å². The number of benzene rings is 1. The van der Waals surface area contributed by atoms with Crippen LogP contribution in [0.15, 0.2) is 41.9 Å². The number of hydrogen-bond acceptors (Lipinski definition) is 9. The monoisotopic (exact) mass is 741 g/mol. The van der Waals surface area contributed by atoms with Crippen molar-refractivity contribution >= 4 is 40.1 Å². The third-order valence-corrected chi connectivity index (χ3v) is 11.9. The molecule has 2 fully saturated rings. The number of ether oxygens (including phenoxy) is 2. The predicted molar refractivity (Wildman–Crippen MR) is 205 cm³/mol. The zero-order valence-electron chi connectivity index (χ0n) is 31.6. The van der Waals surface area contributed by atoms with Crippen molar-refractivity contribution in [1.29, 1.82) is 0 Å². The number of carbonyl (C=O) groups excluding carboxylic acids is 3. The van der Waals surface area contributed by atoms with E-state index in [1.807, 2.05) is 18.4 Å². The molecule has 7 rings (SSSR count). The number of hydrogen-bond donors (Lipinski definition) is 2. The summed E-state index contributed by atoms with van der Waals surface area (Å²) in [4.78, 5) is 52.9. The first-order valence-corrected chi connectivity index (χ1v) is 19.8. The lowest BCUT2D eigenvalue weighted by molar-refractivity contribution is -0.155. The smallest absolute Gasteiger partial charge is 0.324 e. The minimum atomic E-state index is -0.863. The van der Waals surface area contributed by atoms with Gasteiger partial charge < -0.3 is 24.3 Å². The number of nitrogens with zero attached hydrogens (tertiary/aromatic N) is 5. The minimum absolute atomic E-state index is 0.170. The van der Waals surface area contributed by atoms with E-state index < -0.39 is 23.5 Å². The average Bonchev–Trinajstić information content (AvgIpc) is 3.74. The summed E-state index contributed by atoms with van der Waals surface area (Å²) in [6.45, 7) is 12.5. The van der Waals surface area contributed by atoms with E-state index in [4.69, 9.17) is 19.4 Å². The fourth-order valence-corrected chi connectivity index (χ4v) is 8.78. The molecule has 0 unspecified atom stereocenters. The van der Waals surface area contributed by atoms with Gasteiger partial charge >= 0.3 is 12.0 Å². The number of urea groups is 1. The van der Waals surface area contributed by atoms with E-state index in [-0.39, 0.29) is 37.1 Å². The van der Waals surface area contributed by atoms with Crippen LogP contribution >= 0.6 is 11.3 Å². The standard InChI is InChI=1S/C40H51N7O5S/c1-7-26-15-18-46(26)39(50)43-31-20-34-42-32(22-53-34)25-13-14-33-28(19-25)29(36(45(33)8-2)27-11-9-16-41-35(27)24(3)51-6)21-40(4,5)23-52-38(49)30-12-10-17-47(44-30)37(31)48/h9,11,13-14,16,19,22,24,26,30-31,44H,7-8,10,12,15,17-18,20-21,23H2,1-6H3,(H,43,50)/t24-,26+,30-,31-/m0/s1. The number of cyclic esters (lactones) is 1. The van der Waals surface area contributed by atoms with Gasteiger partial charge in [-0.2, -0.15) is 0 Å². The Balaban J connectivity index is 1.34. The molecule has 4 atom stereocenters. The number of nitrogens with one attached hydrogen (secondary N) is 2. The highest BCUT2D eigenvalue weighted by molar-refractivity contribution is 7.10. The molecule has 6 heterocycles. The molecule has 3 aromatic heterocycles. The second-order valence-corrected chi connectivity index (χ2v) is 16.2. The second kappa shape index (κ2) is 15.2. The van der Waals surface area contributed by atoms with Crippen LogP contribution in [0.3, 0.4) is 0 Å². The highest BCUT2D eigenvalue weighted by Crippen LogP contribution is 2.42. The third kappa shape index (κ3) is 7.30. The highest BCUT2D eigenvalue weighted by atomic mass is 32.1. The van der Waals surface area contributed by atoms with Gasteiger partial charge in [0.05, 0.1) is 34.8 Å². The van der Waals surface area contributed by atoms with Crippen molar-refractivity contribution < 1.29 is 23.9 Å². The van der Waals surface area contributed by atoms with E-state index in [0.29, 0.717) is 32.4 Å². The maximum Gasteiger partial charge on any atom is 0.324 e. The third-order valence-electron chi connectivity index (χ3n) is 11.0. The summed E-state index contributed by atoms with van der Waals surface area (Å²) in [7, 11) is 1.70. The molecule has 0 saturated carbocycles. The van der Waals surface area contributed by atoms with Gasteiger partial charge in [-0.15, -0.1) is 11.3 Å². The Morgan fingerprint density at radius 3 is 2.75 bits per heavy atom. The quantitative estimate of drug-likeness (QED) is 0.221. The Labute approximate surface area is 315 Å². The van der Waals surface area contributed by atoms with Crippen molar-refractivity contribution in [3.63, 3.8) is 0 Å². The second-order valence-electron chi connectivity index (χ2n) is 15.3. The molecule has 0 spiro atoms. The average molecular weight is 742 g/mol. The molecule has 4 aromatic rings. The molecule has 282 valence electrons. The summed E-state index contributed by atoms with van der Waals surface area (Å²) in [5.74, 6) is -0.685. The first kappa shape index (κ1) is 37.0. The number of rotatable bonds is 6. The van der Waals surface area contributed by atoms with E-state index in [9.17, 15) is 14.4 Å². The van der Waals surface area contributed by atoms with Gasteiger partial charge in [0.25, 0.3) is 5.91 Å². The molecule has 12 nitrogen and oxygen atoms in total. The molecular formula is C40H51N7O5S. The molecule has 13 heteroatoms. The fourth-order valence-electron chi connectivity index (χ4n) is 7.93. The van der Waals surface area contributed by atoms with Gasteiger partial charge in [-0.05, 0) is 75.8 Å². The lowest BCUT2D eigenvalue weighted by Gasteiger charge is -2.41. The van der Waals surface area contributed by atoms with Crippen LogP contribution in [0.2, 0.25) is 0 Å². The zero-order chi connectivity index (χ0) is 37.4. The van der Waals surface area contributed by atoms with Crippen molar-refractivity contribution in [3.05, 3.63) is 58.2 Å². The molecule has 53 heavy (non-hydrogen) atoms. The Morgan fingerprint density at radius 2 is 2.02 bits per heavy atom. The van der Waals surface area contributed by atoms with Crippen molar-refractivity contribution in [1.82, 2.24) is 35.2 Å². The number of thiazole rings is 1. The molecule has 3 aliphatic rings. The van der Waals surface area contributed by atoms with Crippen LogP contribution < -0.4 is 10.7 Å². The molecule has 0 aliphatic carbocycles. The van der Waals surface area contributed by atoms with Crippen LogP contribution in [-0.2, 0) is 38.4 Å². The van der Waals surface area contributed by atoms with Crippen molar-refractivity contribution in [2.45, 2.75) is 104 Å². The maximum atomic E-state index is 14.1. The molecule has 0 radical (unpaired) electrons. The van der Waals surface area contributed by atoms with Crippen LogP contribution in [0.5, 0.6) is 0 Å². The SMILES string of the molecule is CC[C@@H]1CCN1C(=O)N[C@H]1Cc2nc(cs2)-c2ccc3c(c2)c(c(-c2cccnc2[C@H](C)OC)n3CC)CC(C)(C)COC(=O)[C@@H]2CCCN(N2)C1=O. The molecule has 3 aliphatic heterocycles. The van der Waals surface area contributed by atoms with Crippen LogP contribution in [0.25, 0.3) is 33.4 Å². The Bertz CT molecular complexity index is 2000. The van der Waals surface area contributed by atoms with Crippen molar-refractivity contribution in [3.8, 4) is 22.5 Å². The van der Waals surface area contributed by atoms with Crippen LogP contribution in [0.4, 0.5) is 4.79 Å². The van der Waals surface area contributed by atoms with Gasteiger partial charge in [0.15, 0.2) is 0 Å². The van der Waals surface area contributed by atoms with E-state index in [2.05, 4.69) is 67.3 Å². The molecular weight excluding hydrogens is 691 g/mol. The number of amides is 3. The minimum Gasteiger partial charge on any atom is -0.464 e. The molecule has 6 bridgehead atoms. The lowest BCUT2D eigenvalue weighted by atomic mass is 9.84. The summed E-state index contributed by atoms with van der Waals surface area (Å²) in [5.41, 5.74) is 9.67. The first-order valence-electron chi connectivity index (χ1n) is 18.9. The van der Waals surface area contributed by atoms with Gasteiger partial charge in [-0.3, -0.25) is 19.6 Å². The number of esters is 1. The number of aryl methyl sites for hydroxylation is 1. The van der Waals surface area contributed by atoms with Crippen molar-refractivity contribution in [2.24, 2.45) is 5.41 Å². The fraction of sp³-hybridized carbons (Fsp3) is 0.525.